The lowest BCUT2D eigenvalue weighted by Crippen LogP contribution is -2.30. The van der Waals surface area contributed by atoms with Crippen molar-refractivity contribution in [2.24, 2.45) is 0 Å². The van der Waals surface area contributed by atoms with Gasteiger partial charge >= 0.3 is 0 Å². The van der Waals surface area contributed by atoms with Crippen LogP contribution in [-0.2, 0) is 19.7 Å². The first kappa shape index (κ1) is 17.4. The quantitative estimate of drug-likeness (QED) is 0.472. The Bertz CT molecular complexity index is 761. The summed E-state index contributed by atoms with van der Waals surface area (Å²) < 4.78 is 5.79. The standard InChI is InChI=1S/C20H20ClN3O/c21-19-5-1-18(2-6-19)15-25-20-7-3-16(4-8-20)13-23-24-14-17-9-11-22-12-10-17/h1-12,23-24H,13-15H2. The van der Waals surface area contributed by atoms with Crippen molar-refractivity contribution >= 4 is 11.6 Å². The number of hydrogen-bond acceptors (Lipinski definition) is 4. The number of halogens is 1. The number of benzene rings is 2. The lowest BCUT2D eigenvalue weighted by atomic mass is 10.2. The third-order valence-electron chi connectivity index (χ3n) is 3.70. The van der Waals surface area contributed by atoms with Crippen LogP contribution in [0, 0.1) is 0 Å². The molecule has 5 heteroatoms. The fourth-order valence-corrected chi connectivity index (χ4v) is 2.41. The molecule has 0 spiro atoms. The van der Waals surface area contributed by atoms with Crippen LogP contribution in [0.2, 0.25) is 5.02 Å². The van der Waals surface area contributed by atoms with E-state index in [0.717, 1.165) is 29.4 Å². The van der Waals surface area contributed by atoms with Gasteiger partial charge in [0.25, 0.3) is 0 Å². The Morgan fingerprint density at radius 3 is 1.92 bits per heavy atom. The molecule has 4 nitrogen and oxygen atoms in total. The summed E-state index contributed by atoms with van der Waals surface area (Å²) in [7, 11) is 0. The van der Waals surface area contributed by atoms with Gasteiger partial charge in [-0.25, -0.2) is 0 Å². The van der Waals surface area contributed by atoms with Crippen LogP contribution in [0.15, 0.2) is 73.1 Å². The molecule has 3 rings (SSSR count). The van der Waals surface area contributed by atoms with Gasteiger partial charge in [-0.1, -0.05) is 35.9 Å². The summed E-state index contributed by atoms with van der Waals surface area (Å²) in [5.41, 5.74) is 9.87. The predicted molar refractivity (Wildman–Crippen MR) is 100 cm³/mol. The lowest BCUT2D eigenvalue weighted by molar-refractivity contribution is 0.306. The van der Waals surface area contributed by atoms with Gasteiger partial charge in [-0.3, -0.25) is 15.8 Å². The molecule has 0 saturated heterocycles. The largest absolute Gasteiger partial charge is 0.489 e. The van der Waals surface area contributed by atoms with Gasteiger partial charge in [0.2, 0.25) is 0 Å². The SMILES string of the molecule is Clc1ccc(COc2ccc(CNNCc3ccncc3)cc2)cc1. The molecule has 0 unspecified atom stereocenters. The minimum atomic E-state index is 0.530. The molecule has 25 heavy (non-hydrogen) atoms. The maximum absolute atomic E-state index is 5.88. The van der Waals surface area contributed by atoms with Crippen LogP contribution in [0.4, 0.5) is 0 Å². The summed E-state index contributed by atoms with van der Waals surface area (Å²) in [5.74, 6) is 0.850. The Labute approximate surface area is 152 Å². The van der Waals surface area contributed by atoms with E-state index in [1.54, 1.807) is 12.4 Å². The van der Waals surface area contributed by atoms with Crippen LogP contribution in [0.3, 0.4) is 0 Å². The van der Waals surface area contributed by atoms with E-state index in [4.69, 9.17) is 16.3 Å². The van der Waals surface area contributed by atoms with E-state index in [2.05, 4.69) is 28.0 Å². The maximum atomic E-state index is 5.88. The molecule has 0 atom stereocenters. The van der Waals surface area contributed by atoms with Crippen LogP contribution in [-0.4, -0.2) is 4.98 Å². The zero-order chi connectivity index (χ0) is 17.3. The van der Waals surface area contributed by atoms with Crippen molar-refractivity contribution in [3.8, 4) is 5.75 Å². The Balaban J connectivity index is 1.40. The molecule has 0 bridgehead atoms. The smallest absolute Gasteiger partial charge is 0.119 e. The highest BCUT2D eigenvalue weighted by atomic mass is 35.5. The van der Waals surface area contributed by atoms with Crippen molar-refractivity contribution in [1.29, 1.82) is 0 Å². The van der Waals surface area contributed by atoms with Crippen LogP contribution in [0.5, 0.6) is 5.75 Å². The molecule has 2 N–H and O–H groups in total. The summed E-state index contributed by atoms with van der Waals surface area (Å²) in [6.07, 6.45) is 3.58. The normalized spacial score (nSPS) is 10.6. The summed E-state index contributed by atoms with van der Waals surface area (Å²) in [5, 5.41) is 0.734. The molecule has 0 amide bonds. The average molecular weight is 354 g/mol. The highest BCUT2D eigenvalue weighted by molar-refractivity contribution is 6.30. The van der Waals surface area contributed by atoms with Crippen molar-refractivity contribution in [3.05, 3.63) is 94.8 Å². The minimum Gasteiger partial charge on any atom is -0.489 e. The van der Waals surface area contributed by atoms with E-state index in [1.807, 2.05) is 48.5 Å². The van der Waals surface area contributed by atoms with Gasteiger partial charge in [0.05, 0.1) is 0 Å². The second-order valence-corrected chi connectivity index (χ2v) is 6.06. The third kappa shape index (κ3) is 5.87. The van der Waals surface area contributed by atoms with Crippen molar-refractivity contribution in [3.63, 3.8) is 0 Å². The molecule has 0 aliphatic carbocycles. The molecule has 0 aliphatic heterocycles. The third-order valence-corrected chi connectivity index (χ3v) is 3.95. The summed E-state index contributed by atoms with van der Waals surface area (Å²) in [6.45, 7) is 2.02. The minimum absolute atomic E-state index is 0.530. The number of hydrogen-bond donors (Lipinski definition) is 2. The number of rotatable bonds is 8. The molecule has 0 aliphatic rings. The molecule has 0 saturated carbocycles. The van der Waals surface area contributed by atoms with Gasteiger partial charge in [0.15, 0.2) is 0 Å². The van der Waals surface area contributed by atoms with E-state index in [-0.39, 0.29) is 0 Å². The van der Waals surface area contributed by atoms with Gasteiger partial charge < -0.3 is 4.74 Å². The van der Waals surface area contributed by atoms with E-state index in [9.17, 15) is 0 Å². The van der Waals surface area contributed by atoms with E-state index < -0.39 is 0 Å². The second-order valence-electron chi connectivity index (χ2n) is 5.62. The molecule has 2 aromatic carbocycles. The highest BCUT2D eigenvalue weighted by Gasteiger charge is 1.98. The fraction of sp³-hybridized carbons (Fsp3) is 0.150. The summed E-state index contributed by atoms with van der Waals surface area (Å²) in [4.78, 5) is 4.00. The number of aromatic nitrogens is 1. The van der Waals surface area contributed by atoms with Crippen LogP contribution < -0.4 is 15.6 Å². The molecule has 0 radical (unpaired) electrons. The van der Waals surface area contributed by atoms with Gasteiger partial charge in [-0.15, -0.1) is 0 Å². The van der Waals surface area contributed by atoms with Crippen LogP contribution >= 0.6 is 11.6 Å². The molecule has 128 valence electrons. The fourth-order valence-electron chi connectivity index (χ4n) is 2.28. The van der Waals surface area contributed by atoms with Crippen molar-refractivity contribution in [2.75, 3.05) is 0 Å². The summed E-state index contributed by atoms with van der Waals surface area (Å²) in [6, 6.07) is 19.7. The molecular weight excluding hydrogens is 334 g/mol. The van der Waals surface area contributed by atoms with E-state index >= 15 is 0 Å². The first-order chi connectivity index (χ1) is 12.3. The van der Waals surface area contributed by atoms with Crippen molar-refractivity contribution in [1.82, 2.24) is 15.8 Å². The van der Waals surface area contributed by atoms with Crippen molar-refractivity contribution in [2.45, 2.75) is 19.7 Å². The molecule has 1 heterocycles. The van der Waals surface area contributed by atoms with Crippen LogP contribution in [0.1, 0.15) is 16.7 Å². The van der Waals surface area contributed by atoms with Gasteiger partial charge in [-0.05, 0) is 53.1 Å². The first-order valence-electron chi connectivity index (χ1n) is 8.10. The monoisotopic (exact) mass is 353 g/mol. The van der Waals surface area contributed by atoms with Crippen LogP contribution in [0.25, 0.3) is 0 Å². The first-order valence-corrected chi connectivity index (χ1v) is 8.48. The predicted octanol–water partition coefficient (Wildman–Crippen LogP) is 4.11. The topological polar surface area (TPSA) is 46.2 Å². The Kier molecular flexibility index (Phi) is 6.40. The van der Waals surface area contributed by atoms with E-state index in [0.29, 0.717) is 6.61 Å². The number of pyridine rings is 1. The van der Waals surface area contributed by atoms with E-state index in [1.165, 1.54) is 11.1 Å². The number of nitrogens with one attached hydrogen (secondary N) is 2. The molecule has 1 aromatic heterocycles. The number of ether oxygens (including phenoxy) is 1. The number of hydrazine groups is 1. The molecule has 3 aromatic rings. The summed E-state index contributed by atoms with van der Waals surface area (Å²) >= 11 is 5.88. The number of nitrogens with zero attached hydrogens (tertiary/aromatic N) is 1. The maximum Gasteiger partial charge on any atom is 0.119 e. The van der Waals surface area contributed by atoms with Gasteiger partial charge in [0.1, 0.15) is 12.4 Å². The zero-order valence-corrected chi connectivity index (χ0v) is 14.5. The lowest BCUT2D eigenvalue weighted by Gasteiger charge is -2.09. The Morgan fingerprint density at radius 2 is 1.28 bits per heavy atom. The Hall–Kier alpha value is -2.40. The molecule has 0 fully saturated rings. The van der Waals surface area contributed by atoms with Gasteiger partial charge in [0, 0.05) is 30.5 Å². The average Bonchev–Trinajstić information content (AvgIpc) is 2.67. The van der Waals surface area contributed by atoms with Gasteiger partial charge in [-0.2, -0.15) is 0 Å². The van der Waals surface area contributed by atoms with Crippen molar-refractivity contribution < 1.29 is 4.74 Å². The molecular formula is C20H20ClN3O. The highest BCUT2D eigenvalue weighted by Crippen LogP contribution is 2.15. The Morgan fingerprint density at radius 1 is 0.720 bits per heavy atom. The second kappa shape index (κ2) is 9.18. The zero-order valence-electron chi connectivity index (χ0n) is 13.8.